The molecule has 0 saturated carbocycles. The van der Waals surface area contributed by atoms with E-state index >= 15 is 0 Å². The van der Waals surface area contributed by atoms with Gasteiger partial charge in [0.1, 0.15) is 0 Å². The van der Waals surface area contributed by atoms with Gasteiger partial charge in [-0.15, -0.1) is 0 Å². The van der Waals surface area contributed by atoms with E-state index < -0.39 is 12.9 Å². The summed E-state index contributed by atoms with van der Waals surface area (Å²) in [6.45, 7) is 4.40. The van der Waals surface area contributed by atoms with Crippen LogP contribution in [-0.2, 0) is 18.9 Å². The van der Waals surface area contributed by atoms with E-state index in [4.69, 9.17) is 9.05 Å². The molecule has 0 spiro atoms. The lowest BCUT2D eigenvalue weighted by atomic mass is 10.0. The molecular formula is C20H27NO3P+. The van der Waals surface area contributed by atoms with Gasteiger partial charge in [0.25, 0.3) is 5.28 Å². The molecule has 0 bridgehead atoms. The highest BCUT2D eigenvalue weighted by Crippen LogP contribution is 2.74. The van der Waals surface area contributed by atoms with Crippen LogP contribution in [0.15, 0.2) is 48.5 Å². The van der Waals surface area contributed by atoms with E-state index in [0.29, 0.717) is 17.7 Å². The van der Waals surface area contributed by atoms with E-state index in [-0.39, 0.29) is 0 Å². The molecule has 4 nitrogen and oxygen atoms in total. The molecular weight excluding hydrogens is 333 g/mol. The van der Waals surface area contributed by atoms with Gasteiger partial charge in [-0.3, -0.25) is 4.57 Å². The molecule has 25 heavy (non-hydrogen) atoms. The molecule has 0 fully saturated rings. The Hall–Kier alpha value is -1.45. The van der Waals surface area contributed by atoms with Crippen molar-refractivity contribution < 1.29 is 18.1 Å². The second kappa shape index (κ2) is 6.37. The average molecular weight is 360 g/mol. The van der Waals surface area contributed by atoms with Crippen molar-refractivity contribution in [3.63, 3.8) is 0 Å². The number of quaternary nitrogens is 1. The third-order valence-electron chi connectivity index (χ3n) is 4.86. The highest BCUT2D eigenvalue weighted by atomic mass is 31.2. The Kier molecular flexibility index (Phi) is 4.67. The van der Waals surface area contributed by atoms with Crippen LogP contribution in [0.4, 0.5) is 0 Å². The molecule has 5 heteroatoms. The predicted molar refractivity (Wildman–Crippen MR) is 102 cm³/mol. The summed E-state index contributed by atoms with van der Waals surface area (Å²) in [5.74, 6) is 0. The molecule has 1 aliphatic carbocycles. The van der Waals surface area contributed by atoms with Gasteiger partial charge in [0.15, 0.2) is 0 Å². The first kappa shape index (κ1) is 18.3. The monoisotopic (exact) mass is 360 g/mol. The largest absolute Gasteiger partial charge is 0.400 e. The van der Waals surface area contributed by atoms with Crippen molar-refractivity contribution in [2.24, 2.45) is 0 Å². The fourth-order valence-corrected chi connectivity index (χ4v) is 6.98. The van der Waals surface area contributed by atoms with Gasteiger partial charge in [-0.2, -0.15) is 0 Å². The van der Waals surface area contributed by atoms with Crippen LogP contribution in [0, 0.1) is 0 Å². The Morgan fingerprint density at radius 3 is 1.60 bits per heavy atom. The number of nitrogens with zero attached hydrogens (tertiary/aromatic N) is 1. The SMILES string of the molecule is CCOP(=O)(OCC)C1([N+](C)(C)C)c2ccccc2-c2ccccc21. The van der Waals surface area contributed by atoms with E-state index in [1.165, 1.54) is 0 Å². The van der Waals surface area contributed by atoms with Gasteiger partial charge in [-0.1, -0.05) is 48.5 Å². The Labute approximate surface area is 150 Å². The van der Waals surface area contributed by atoms with Gasteiger partial charge in [0.2, 0.25) is 0 Å². The Morgan fingerprint density at radius 1 is 0.840 bits per heavy atom. The first-order chi connectivity index (χ1) is 11.8. The zero-order valence-electron chi connectivity index (χ0n) is 15.7. The lowest BCUT2D eigenvalue weighted by Crippen LogP contribution is -2.54. The molecule has 0 radical (unpaired) electrons. The molecule has 0 atom stereocenters. The number of benzene rings is 2. The molecule has 1 aliphatic rings. The topological polar surface area (TPSA) is 35.5 Å². The lowest BCUT2D eigenvalue weighted by Gasteiger charge is -2.47. The molecule has 3 rings (SSSR count). The van der Waals surface area contributed by atoms with Crippen LogP contribution in [0.2, 0.25) is 0 Å². The van der Waals surface area contributed by atoms with Crippen LogP contribution in [0.1, 0.15) is 25.0 Å². The molecule has 134 valence electrons. The number of hydrogen-bond acceptors (Lipinski definition) is 3. The van der Waals surface area contributed by atoms with Crippen LogP contribution in [0.3, 0.4) is 0 Å². The lowest BCUT2D eigenvalue weighted by molar-refractivity contribution is -0.909. The molecule has 0 amide bonds. The van der Waals surface area contributed by atoms with Crippen LogP contribution in [0.25, 0.3) is 11.1 Å². The van der Waals surface area contributed by atoms with E-state index in [9.17, 15) is 4.57 Å². The Morgan fingerprint density at radius 2 is 1.24 bits per heavy atom. The zero-order chi connectivity index (χ0) is 18.3. The highest BCUT2D eigenvalue weighted by molar-refractivity contribution is 7.55. The third kappa shape index (κ3) is 2.43. The van der Waals surface area contributed by atoms with Crippen molar-refractivity contribution in [3.8, 4) is 11.1 Å². The number of fused-ring (bicyclic) bond motifs is 3. The number of rotatable bonds is 6. The van der Waals surface area contributed by atoms with Crippen LogP contribution >= 0.6 is 7.60 Å². The second-order valence-corrected chi connectivity index (χ2v) is 9.27. The molecule has 0 saturated heterocycles. The summed E-state index contributed by atoms with van der Waals surface area (Å²) in [7, 11) is 2.67. The predicted octanol–water partition coefficient (Wildman–Crippen LogP) is 4.84. The molecule has 2 aromatic carbocycles. The molecule has 0 N–H and O–H groups in total. The molecule has 0 aromatic heterocycles. The summed E-state index contributed by atoms with van der Waals surface area (Å²) in [5, 5.41) is -0.897. The second-order valence-electron chi connectivity index (χ2n) is 7.11. The molecule has 0 heterocycles. The zero-order valence-corrected chi connectivity index (χ0v) is 16.5. The van der Waals surface area contributed by atoms with Crippen molar-refractivity contribution in [2.45, 2.75) is 19.1 Å². The van der Waals surface area contributed by atoms with Crippen molar-refractivity contribution in [2.75, 3.05) is 34.4 Å². The van der Waals surface area contributed by atoms with Gasteiger partial charge in [-0.05, 0) is 25.0 Å². The quantitative estimate of drug-likeness (QED) is 0.546. The van der Waals surface area contributed by atoms with Gasteiger partial charge in [-0.25, -0.2) is 0 Å². The minimum atomic E-state index is -3.51. The van der Waals surface area contributed by atoms with E-state index in [1.54, 1.807) is 0 Å². The Bertz CT molecular complexity index is 770. The summed E-state index contributed by atoms with van der Waals surface area (Å²) in [6, 6.07) is 16.3. The standard InChI is InChI=1S/C20H27NO3P/c1-6-23-25(22,24-7-2)20(21(3,4)5)18-14-10-8-12-16(18)17-13-9-11-15-19(17)20/h8-15H,6-7H2,1-5H3/q+1. The van der Waals surface area contributed by atoms with Crippen molar-refractivity contribution in [3.05, 3.63) is 59.7 Å². The highest BCUT2D eigenvalue weighted by Gasteiger charge is 2.67. The van der Waals surface area contributed by atoms with Crippen molar-refractivity contribution in [1.82, 2.24) is 0 Å². The molecule has 2 aromatic rings. The summed E-state index contributed by atoms with van der Waals surface area (Å²) in [4.78, 5) is 0. The van der Waals surface area contributed by atoms with Gasteiger partial charge in [0.05, 0.1) is 34.4 Å². The molecule has 0 aliphatic heterocycles. The average Bonchev–Trinajstić information content (AvgIpc) is 2.87. The first-order valence-corrected chi connectivity index (χ1v) is 10.3. The molecule has 0 unspecified atom stereocenters. The van der Waals surface area contributed by atoms with Crippen molar-refractivity contribution >= 4 is 7.60 Å². The van der Waals surface area contributed by atoms with E-state index in [1.807, 2.05) is 38.1 Å². The maximum absolute atomic E-state index is 14.2. The minimum absolute atomic E-state index is 0.337. The van der Waals surface area contributed by atoms with E-state index in [2.05, 4.69) is 45.4 Å². The number of hydrogen-bond donors (Lipinski definition) is 0. The normalized spacial score (nSPS) is 15.7. The maximum Gasteiger partial charge on any atom is 0.400 e. The summed E-state index contributed by atoms with van der Waals surface area (Å²) < 4.78 is 26.5. The maximum atomic E-state index is 14.2. The Balaban J connectivity index is 2.47. The van der Waals surface area contributed by atoms with Gasteiger partial charge >= 0.3 is 7.60 Å². The van der Waals surface area contributed by atoms with Crippen LogP contribution < -0.4 is 0 Å². The van der Waals surface area contributed by atoms with Crippen LogP contribution in [-0.4, -0.2) is 38.8 Å². The van der Waals surface area contributed by atoms with Gasteiger partial charge < -0.3 is 13.5 Å². The summed E-state index contributed by atoms with van der Waals surface area (Å²) in [5.41, 5.74) is 4.22. The fraction of sp³-hybridized carbons (Fsp3) is 0.400. The van der Waals surface area contributed by atoms with Crippen molar-refractivity contribution in [1.29, 1.82) is 0 Å². The van der Waals surface area contributed by atoms with E-state index in [0.717, 1.165) is 22.3 Å². The van der Waals surface area contributed by atoms with Crippen LogP contribution in [0.5, 0.6) is 0 Å². The fourth-order valence-electron chi connectivity index (χ4n) is 4.14. The first-order valence-electron chi connectivity index (χ1n) is 8.73. The summed E-state index contributed by atoms with van der Waals surface area (Å²) in [6.07, 6.45) is 0. The minimum Gasteiger partial charge on any atom is -0.308 e. The summed E-state index contributed by atoms with van der Waals surface area (Å²) >= 11 is 0. The third-order valence-corrected chi connectivity index (χ3v) is 7.93. The smallest absolute Gasteiger partial charge is 0.308 e. The van der Waals surface area contributed by atoms with Gasteiger partial charge in [0, 0.05) is 11.1 Å².